The smallest absolute Gasteiger partial charge is 0.339 e. The van der Waals surface area contributed by atoms with E-state index in [2.05, 4.69) is 4.98 Å². The van der Waals surface area contributed by atoms with E-state index < -0.39 is 5.97 Å². The number of nitrogens with zero attached hydrogens (tertiary/aromatic N) is 1. The van der Waals surface area contributed by atoms with E-state index >= 15 is 0 Å². The highest BCUT2D eigenvalue weighted by Crippen LogP contribution is 2.28. The number of carboxylic acids is 1. The number of carbonyl (C=O) groups is 1. The average Bonchev–Trinajstić information content (AvgIpc) is 2.32. The lowest BCUT2D eigenvalue weighted by molar-refractivity contribution is 0.0694. The standard InChI is InChI=1S/C13H10ClNO3/c1-8-3-2-6-15-12(8)18-11-7-9(14)4-5-10(11)13(16)17/h2-7H,1H3,(H,16,17). The van der Waals surface area contributed by atoms with E-state index in [1.807, 2.05) is 13.0 Å². The minimum Gasteiger partial charge on any atom is -0.478 e. The number of hydrogen-bond acceptors (Lipinski definition) is 3. The predicted octanol–water partition coefficient (Wildman–Crippen LogP) is 3.53. The quantitative estimate of drug-likeness (QED) is 0.920. The molecule has 0 bridgehead atoms. The Morgan fingerprint density at radius 3 is 2.83 bits per heavy atom. The van der Waals surface area contributed by atoms with Crippen LogP contribution in [0.1, 0.15) is 15.9 Å². The van der Waals surface area contributed by atoms with Crippen LogP contribution in [0, 0.1) is 6.92 Å². The lowest BCUT2D eigenvalue weighted by Crippen LogP contribution is -2.01. The second kappa shape index (κ2) is 5.06. The lowest BCUT2D eigenvalue weighted by Gasteiger charge is -2.09. The minimum atomic E-state index is -1.07. The van der Waals surface area contributed by atoms with Gasteiger partial charge < -0.3 is 9.84 Å². The fourth-order valence-electron chi connectivity index (χ4n) is 1.44. The predicted molar refractivity (Wildman–Crippen MR) is 67.5 cm³/mol. The molecule has 0 saturated heterocycles. The molecular weight excluding hydrogens is 254 g/mol. The van der Waals surface area contributed by atoms with Gasteiger partial charge in [-0.15, -0.1) is 0 Å². The van der Waals surface area contributed by atoms with Crippen molar-refractivity contribution in [1.82, 2.24) is 4.98 Å². The molecule has 0 saturated carbocycles. The van der Waals surface area contributed by atoms with Gasteiger partial charge in [0.25, 0.3) is 0 Å². The Hall–Kier alpha value is -2.07. The summed E-state index contributed by atoms with van der Waals surface area (Å²) in [5.74, 6) is -0.533. The molecule has 1 aromatic heterocycles. The number of hydrogen-bond donors (Lipinski definition) is 1. The van der Waals surface area contributed by atoms with Gasteiger partial charge in [-0.2, -0.15) is 0 Å². The van der Waals surface area contributed by atoms with Gasteiger partial charge in [-0.05, 0) is 25.1 Å². The van der Waals surface area contributed by atoms with Crippen LogP contribution in [0.5, 0.6) is 11.6 Å². The van der Waals surface area contributed by atoms with Crippen molar-refractivity contribution >= 4 is 17.6 Å². The number of aromatic carboxylic acids is 1. The van der Waals surface area contributed by atoms with Gasteiger partial charge in [0.05, 0.1) is 0 Å². The molecule has 0 unspecified atom stereocenters. The normalized spacial score (nSPS) is 10.1. The van der Waals surface area contributed by atoms with Gasteiger partial charge in [0.1, 0.15) is 11.3 Å². The third-order valence-electron chi connectivity index (χ3n) is 2.34. The number of pyridine rings is 1. The molecule has 1 aromatic carbocycles. The van der Waals surface area contributed by atoms with Crippen LogP contribution in [0.3, 0.4) is 0 Å². The fraction of sp³-hybridized carbons (Fsp3) is 0.0769. The topological polar surface area (TPSA) is 59.4 Å². The van der Waals surface area contributed by atoms with Crippen LogP contribution in [0.4, 0.5) is 0 Å². The summed E-state index contributed by atoms with van der Waals surface area (Å²) < 4.78 is 5.51. The van der Waals surface area contributed by atoms with Crippen molar-refractivity contribution in [1.29, 1.82) is 0 Å². The molecule has 2 aromatic rings. The zero-order valence-corrected chi connectivity index (χ0v) is 10.3. The summed E-state index contributed by atoms with van der Waals surface area (Å²) in [6.45, 7) is 1.83. The highest BCUT2D eigenvalue weighted by Gasteiger charge is 2.13. The molecule has 0 fully saturated rings. The second-order valence-corrected chi connectivity index (χ2v) is 4.11. The molecule has 0 spiro atoms. The monoisotopic (exact) mass is 263 g/mol. The minimum absolute atomic E-state index is 0.0458. The molecule has 0 aliphatic heterocycles. The highest BCUT2D eigenvalue weighted by atomic mass is 35.5. The maximum absolute atomic E-state index is 11.1. The molecule has 4 nitrogen and oxygen atoms in total. The number of aromatic nitrogens is 1. The maximum atomic E-state index is 11.1. The molecule has 5 heteroatoms. The molecule has 1 heterocycles. The largest absolute Gasteiger partial charge is 0.478 e. The molecule has 1 N–H and O–H groups in total. The number of aryl methyl sites for hydroxylation is 1. The van der Waals surface area contributed by atoms with E-state index in [4.69, 9.17) is 21.4 Å². The molecule has 18 heavy (non-hydrogen) atoms. The first-order chi connectivity index (χ1) is 8.58. The van der Waals surface area contributed by atoms with E-state index in [0.29, 0.717) is 10.9 Å². The van der Waals surface area contributed by atoms with Crippen molar-refractivity contribution in [3.8, 4) is 11.6 Å². The van der Waals surface area contributed by atoms with Crippen molar-refractivity contribution in [2.75, 3.05) is 0 Å². The summed E-state index contributed by atoms with van der Waals surface area (Å²) in [6.07, 6.45) is 1.58. The Morgan fingerprint density at radius 1 is 1.39 bits per heavy atom. The number of rotatable bonds is 3. The Bertz CT molecular complexity index is 599. The second-order valence-electron chi connectivity index (χ2n) is 3.67. The number of halogens is 1. The molecule has 0 aliphatic rings. The first-order valence-corrected chi connectivity index (χ1v) is 5.58. The summed E-state index contributed by atoms with van der Waals surface area (Å²) in [4.78, 5) is 15.1. The van der Waals surface area contributed by atoms with Gasteiger partial charge in [-0.1, -0.05) is 17.7 Å². The molecule has 92 valence electrons. The third-order valence-corrected chi connectivity index (χ3v) is 2.58. The molecular formula is C13H10ClNO3. The van der Waals surface area contributed by atoms with Crippen molar-refractivity contribution in [2.24, 2.45) is 0 Å². The Morgan fingerprint density at radius 2 is 2.17 bits per heavy atom. The molecule has 0 atom stereocenters. The Kier molecular flexibility index (Phi) is 3.48. The Labute approximate surface area is 109 Å². The first-order valence-electron chi connectivity index (χ1n) is 5.20. The van der Waals surface area contributed by atoms with Crippen LogP contribution in [0.25, 0.3) is 0 Å². The van der Waals surface area contributed by atoms with Gasteiger partial charge in [0.2, 0.25) is 5.88 Å². The van der Waals surface area contributed by atoms with Crippen molar-refractivity contribution in [2.45, 2.75) is 6.92 Å². The van der Waals surface area contributed by atoms with E-state index in [0.717, 1.165) is 5.56 Å². The van der Waals surface area contributed by atoms with E-state index in [-0.39, 0.29) is 11.3 Å². The van der Waals surface area contributed by atoms with E-state index in [9.17, 15) is 4.79 Å². The summed E-state index contributed by atoms with van der Waals surface area (Å²) >= 11 is 5.83. The van der Waals surface area contributed by atoms with Crippen molar-refractivity contribution < 1.29 is 14.6 Å². The highest BCUT2D eigenvalue weighted by molar-refractivity contribution is 6.30. The number of carboxylic acid groups (broad SMARTS) is 1. The van der Waals surface area contributed by atoms with Crippen LogP contribution in [-0.2, 0) is 0 Å². The third kappa shape index (κ3) is 2.60. The van der Waals surface area contributed by atoms with Crippen molar-refractivity contribution in [3.05, 3.63) is 52.7 Å². The average molecular weight is 264 g/mol. The summed E-state index contributed by atoms with van der Waals surface area (Å²) in [5.41, 5.74) is 0.860. The van der Waals surface area contributed by atoms with Crippen LogP contribution in [0.15, 0.2) is 36.5 Å². The zero-order chi connectivity index (χ0) is 13.1. The van der Waals surface area contributed by atoms with Gasteiger partial charge in [0.15, 0.2) is 0 Å². The number of benzene rings is 1. The van der Waals surface area contributed by atoms with Crippen LogP contribution in [0.2, 0.25) is 5.02 Å². The van der Waals surface area contributed by atoms with Gasteiger partial charge in [0, 0.05) is 22.8 Å². The fourth-order valence-corrected chi connectivity index (χ4v) is 1.60. The first kappa shape index (κ1) is 12.4. The van der Waals surface area contributed by atoms with E-state index in [1.165, 1.54) is 18.2 Å². The van der Waals surface area contributed by atoms with Crippen LogP contribution < -0.4 is 4.74 Å². The molecule has 0 aliphatic carbocycles. The van der Waals surface area contributed by atoms with Gasteiger partial charge >= 0.3 is 5.97 Å². The van der Waals surface area contributed by atoms with Crippen LogP contribution >= 0.6 is 11.6 Å². The van der Waals surface area contributed by atoms with Crippen molar-refractivity contribution in [3.63, 3.8) is 0 Å². The zero-order valence-electron chi connectivity index (χ0n) is 9.55. The molecule has 0 radical (unpaired) electrons. The van der Waals surface area contributed by atoms with Gasteiger partial charge in [-0.25, -0.2) is 9.78 Å². The van der Waals surface area contributed by atoms with Gasteiger partial charge in [-0.3, -0.25) is 0 Å². The number of ether oxygens (including phenoxy) is 1. The molecule has 2 rings (SSSR count). The Balaban J connectivity index is 2.42. The summed E-state index contributed by atoms with van der Waals surface area (Å²) in [6, 6.07) is 7.96. The lowest BCUT2D eigenvalue weighted by atomic mass is 10.2. The summed E-state index contributed by atoms with van der Waals surface area (Å²) in [7, 11) is 0. The SMILES string of the molecule is Cc1cccnc1Oc1cc(Cl)ccc1C(=O)O. The van der Waals surface area contributed by atoms with Crippen LogP contribution in [-0.4, -0.2) is 16.1 Å². The summed E-state index contributed by atoms with van der Waals surface area (Å²) in [5, 5.41) is 9.47. The van der Waals surface area contributed by atoms with E-state index in [1.54, 1.807) is 12.3 Å². The molecule has 0 amide bonds. The maximum Gasteiger partial charge on any atom is 0.339 e.